The van der Waals surface area contributed by atoms with Gasteiger partial charge in [0.05, 0.1) is 18.6 Å². The van der Waals surface area contributed by atoms with Gasteiger partial charge in [0, 0.05) is 32.0 Å². The number of carbonyl (C=O) groups is 2. The molecular formula is C13H18N2O3S. The lowest BCUT2D eigenvalue weighted by molar-refractivity contribution is -0.128. The molecule has 0 spiro atoms. The van der Waals surface area contributed by atoms with Gasteiger partial charge in [0.2, 0.25) is 11.8 Å². The Bertz CT molecular complexity index is 447. The van der Waals surface area contributed by atoms with E-state index in [1.807, 2.05) is 17.5 Å². The van der Waals surface area contributed by atoms with E-state index >= 15 is 0 Å². The van der Waals surface area contributed by atoms with Gasteiger partial charge in [0.1, 0.15) is 0 Å². The van der Waals surface area contributed by atoms with Crippen LogP contribution in [0.3, 0.4) is 0 Å². The minimum absolute atomic E-state index is 0.0188. The summed E-state index contributed by atoms with van der Waals surface area (Å²) in [7, 11) is 3.35. The molecule has 5 nitrogen and oxygen atoms in total. The SMILES string of the molecule is COCCNC(=O)[C@H]1CC(=O)N(C)[C@@H]1c1cccs1. The van der Waals surface area contributed by atoms with Crippen molar-refractivity contribution < 1.29 is 14.3 Å². The van der Waals surface area contributed by atoms with Crippen LogP contribution in [0.15, 0.2) is 17.5 Å². The minimum atomic E-state index is -0.312. The third-order valence-corrected chi connectivity index (χ3v) is 4.31. The van der Waals surface area contributed by atoms with Crippen LogP contribution >= 0.6 is 11.3 Å². The van der Waals surface area contributed by atoms with E-state index in [-0.39, 0.29) is 30.2 Å². The molecule has 1 aromatic rings. The number of nitrogens with zero attached hydrogens (tertiary/aromatic N) is 1. The molecule has 6 heteroatoms. The highest BCUT2D eigenvalue weighted by Crippen LogP contribution is 2.38. The number of methoxy groups -OCH3 is 1. The Morgan fingerprint density at radius 3 is 3.05 bits per heavy atom. The topological polar surface area (TPSA) is 58.6 Å². The first-order valence-electron chi connectivity index (χ1n) is 6.21. The van der Waals surface area contributed by atoms with E-state index in [4.69, 9.17) is 4.74 Å². The number of thiophene rings is 1. The number of carbonyl (C=O) groups excluding carboxylic acids is 2. The molecule has 0 radical (unpaired) electrons. The van der Waals surface area contributed by atoms with Crippen LogP contribution in [-0.2, 0) is 14.3 Å². The second kappa shape index (κ2) is 6.16. The molecule has 1 aliphatic rings. The first-order valence-corrected chi connectivity index (χ1v) is 7.09. The van der Waals surface area contributed by atoms with Gasteiger partial charge >= 0.3 is 0 Å². The maximum atomic E-state index is 12.2. The van der Waals surface area contributed by atoms with Crippen molar-refractivity contribution in [2.24, 2.45) is 5.92 Å². The molecule has 0 saturated carbocycles. The molecule has 2 amide bonds. The first-order chi connectivity index (χ1) is 9.15. The standard InChI is InChI=1S/C13H18N2O3S/c1-15-11(16)8-9(13(17)14-5-6-18-2)12(15)10-4-3-7-19-10/h3-4,7,9,12H,5-6,8H2,1-2H3,(H,14,17)/t9-,12-/m0/s1. The van der Waals surface area contributed by atoms with E-state index in [2.05, 4.69) is 5.32 Å². The Labute approximate surface area is 116 Å². The molecular weight excluding hydrogens is 264 g/mol. The average Bonchev–Trinajstić information content (AvgIpc) is 2.99. The largest absolute Gasteiger partial charge is 0.383 e. The summed E-state index contributed by atoms with van der Waals surface area (Å²) < 4.78 is 4.91. The Morgan fingerprint density at radius 2 is 2.42 bits per heavy atom. The molecule has 2 atom stereocenters. The average molecular weight is 282 g/mol. The van der Waals surface area contributed by atoms with Crippen molar-refractivity contribution in [2.75, 3.05) is 27.3 Å². The van der Waals surface area contributed by atoms with Crippen molar-refractivity contribution in [3.8, 4) is 0 Å². The van der Waals surface area contributed by atoms with Crippen molar-refractivity contribution in [2.45, 2.75) is 12.5 Å². The van der Waals surface area contributed by atoms with Gasteiger partial charge < -0.3 is 15.0 Å². The molecule has 1 aliphatic heterocycles. The summed E-state index contributed by atoms with van der Waals surface area (Å²) in [6.07, 6.45) is 0.276. The normalized spacial score (nSPS) is 22.8. The molecule has 104 valence electrons. The molecule has 2 heterocycles. The number of amides is 2. The molecule has 1 fully saturated rings. The number of hydrogen-bond donors (Lipinski definition) is 1. The molecule has 0 unspecified atom stereocenters. The van der Waals surface area contributed by atoms with Gasteiger partial charge in [-0.15, -0.1) is 11.3 Å². The lowest BCUT2D eigenvalue weighted by atomic mass is 9.98. The monoisotopic (exact) mass is 282 g/mol. The fourth-order valence-corrected chi connectivity index (χ4v) is 3.29. The number of hydrogen-bond acceptors (Lipinski definition) is 4. The summed E-state index contributed by atoms with van der Waals surface area (Å²) >= 11 is 1.58. The summed E-state index contributed by atoms with van der Waals surface area (Å²) in [6, 6.07) is 3.77. The molecule has 19 heavy (non-hydrogen) atoms. The van der Waals surface area contributed by atoms with Gasteiger partial charge in [-0.3, -0.25) is 9.59 Å². The third-order valence-electron chi connectivity index (χ3n) is 3.36. The quantitative estimate of drug-likeness (QED) is 0.821. The highest BCUT2D eigenvalue weighted by molar-refractivity contribution is 7.10. The van der Waals surface area contributed by atoms with E-state index in [0.717, 1.165) is 4.88 Å². The Morgan fingerprint density at radius 1 is 1.63 bits per heavy atom. The molecule has 0 bridgehead atoms. The van der Waals surface area contributed by atoms with Gasteiger partial charge in [-0.25, -0.2) is 0 Å². The minimum Gasteiger partial charge on any atom is -0.383 e. The Hall–Kier alpha value is -1.40. The van der Waals surface area contributed by atoms with Crippen LogP contribution in [0.2, 0.25) is 0 Å². The number of ether oxygens (including phenoxy) is 1. The molecule has 1 N–H and O–H groups in total. The lowest BCUT2D eigenvalue weighted by Gasteiger charge is -2.23. The molecule has 0 aromatic carbocycles. The maximum Gasteiger partial charge on any atom is 0.226 e. The summed E-state index contributed by atoms with van der Waals surface area (Å²) in [5.74, 6) is -0.369. The van der Waals surface area contributed by atoms with Crippen molar-refractivity contribution in [1.29, 1.82) is 0 Å². The second-order valence-electron chi connectivity index (χ2n) is 4.56. The van der Waals surface area contributed by atoms with Crippen LogP contribution in [-0.4, -0.2) is 44.0 Å². The van der Waals surface area contributed by atoms with Crippen LogP contribution in [0, 0.1) is 5.92 Å². The molecule has 1 aromatic heterocycles. The predicted molar refractivity (Wildman–Crippen MR) is 72.8 cm³/mol. The Kier molecular flexibility index (Phi) is 4.55. The molecule has 1 saturated heterocycles. The van der Waals surface area contributed by atoms with Crippen LogP contribution in [0.4, 0.5) is 0 Å². The highest BCUT2D eigenvalue weighted by atomic mass is 32.1. The van der Waals surface area contributed by atoms with Crippen molar-refractivity contribution in [1.82, 2.24) is 10.2 Å². The number of likely N-dealkylation sites (tertiary alicyclic amines) is 1. The third kappa shape index (κ3) is 2.96. The zero-order valence-corrected chi connectivity index (χ0v) is 11.9. The van der Waals surface area contributed by atoms with Crippen LogP contribution in [0.1, 0.15) is 17.3 Å². The Balaban J connectivity index is 2.09. The zero-order chi connectivity index (χ0) is 13.8. The molecule has 2 rings (SSSR count). The summed E-state index contributed by atoms with van der Waals surface area (Å²) in [6.45, 7) is 0.951. The van der Waals surface area contributed by atoms with E-state index in [1.54, 1.807) is 30.4 Å². The van der Waals surface area contributed by atoms with Gasteiger partial charge in [-0.2, -0.15) is 0 Å². The van der Waals surface area contributed by atoms with Gasteiger partial charge in [-0.1, -0.05) is 6.07 Å². The van der Waals surface area contributed by atoms with Crippen LogP contribution in [0.25, 0.3) is 0 Å². The fraction of sp³-hybridized carbons (Fsp3) is 0.538. The number of rotatable bonds is 5. The van der Waals surface area contributed by atoms with E-state index in [9.17, 15) is 9.59 Å². The van der Waals surface area contributed by atoms with Crippen molar-refractivity contribution >= 4 is 23.2 Å². The summed E-state index contributed by atoms with van der Waals surface area (Å²) in [4.78, 5) is 26.8. The van der Waals surface area contributed by atoms with E-state index in [0.29, 0.717) is 13.2 Å². The smallest absolute Gasteiger partial charge is 0.226 e. The highest BCUT2D eigenvalue weighted by Gasteiger charge is 2.42. The predicted octanol–water partition coefficient (Wildman–Crippen LogP) is 1.03. The first kappa shape index (κ1) is 14.0. The van der Waals surface area contributed by atoms with Gasteiger partial charge in [0.15, 0.2) is 0 Å². The van der Waals surface area contributed by atoms with E-state index < -0.39 is 0 Å². The second-order valence-corrected chi connectivity index (χ2v) is 5.54. The van der Waals surface area contributed by atoms with E-state index in [1.165, 1.54) is 0 Å². The van der Waals surface area contributed by atoms with Crippen molar-refractivity contribution in [3.63, 3.8) is 0 Å². The van der Waals surface area contributed by atoms with Gasteiger partial charge in [-0.05, 0) is 11.4 Å². The van der Waals surface area contributed by atoms with Crippen LogP contribution in [0.5, 0.6) is 0 Å². The van der Waals surface area contributed by atoms with Crippen LogP contribution < -0.4 is 5.32 Å². The number of nitrogens with one attached hydrogen (secondary N) is 1. The summed E-state index contributed by atoms with van der Waals surface area (Å²) in [5, 5.41) is 4.78. The van der Waals surface area contributed by atoms with Gasteiger partial charge in [0.25, 0.3) is 0 Å². The van der Waals surface area contributed by atoms with Crippen molar-refractivity contribution in [3.05, 3.63) is 22.4 Å². The lowest BCUT2D eigenvalue weighted by Crippen LogP contribution is -2.35. The fourth-order valence-electron chi connectivity index (χ4n) is 2.36. The summed E-state index contributed by atoms with van der Waals surface area (Å²) in [5.41, 5.74) is 0. The zero-order valence-electron chi connectivity index (χ0n) is 11.1. The molecule has 0 aliphatic carbocycles. The maximum absolute atomic E-state index is 12.2.